The van der Waals surface area contributed by atoms with Crippen LogP contribution in [0, 0.1) is 13.8 Å². The fraction of sp³-hybridized carbons (Fsp3) is 0.217. The van der Waals surface area contributed by atoms with E-state index in [4.69, 9.17) is 46.4 Å². The standard InChI is InChI=1S/C46H42Cl4N8O6/c1-23-17-35(53-45(63)41(27(5)59)57-55-38-21-31(13-15-36(38)49)43(61)51-33-11-7-9-29(19-33)25(3)47)18-24(2)40(23)54-46(64)42(28(6)60)58-56-39-22-32(14-16-37(39)50)44(62)52-34-12-8-10-30(20-34)26(4)48/h7-22,25-26,41-42H,1-6H3,(H,51,61)(H,52,62)(H,53,63)(H,54,64). The zero-order chi connectivity index (χ0) is 46.8. The molecule has 0 fully saturated rings. The van der Waals surface area contributed by atoms with Gasteiger partial charge in [-0.2, -0.15) is 20.5 Å². The molecule has 5 rings (SSSR count). The number of benzene rings is 5. The lowest BCUT2D eigenvalue weighted by Gasteiger charge is -2.17. The van der Waals surface area contributed by atoms with E-state index >= 15 is 0 Å². The Kier molecular flexibility index (Phi) is 16.6. The summed E-state index contributed by atoms with van der Waals surface area (Å²) in [6.45, 7) is 9.30. The van der Waals surface area contributed by atoms with Crippen LogP contribution in [0.3, 0.4) is 0 Å². The van der Waals surface area contributed by atoms with Gasteiger partial charge in [-0.25, -0.2) is 0 Å². The molecule has 64 heavy (non-hydrogen) atoms. The summed E-state index contributed by atoms with van der Waals surface area (Å²) in [5.41, 5.74) is 4.75. The minimum atomic E-state index is -1.59. The Bertz CT molecular complexity index is 2680. The maximum Gasteiger partial charge on any atom is 0.258 e. The number of amides is 4. The number of rotatable bonds is 16. The average Bonchev–Trinajstić information content (AvgIpc) is 3.23. The molecule has 4 N–H and O–H groups in total. The lowest BCUT2D eigenvalue weighted by molar-refractivity contribution is -0.127. The van der Waals surface area contributed by atoms with Gasteiger partial charge in [0.15, 0.2) is 11.6 Å². The first kappa shape index (κ1) is 48.7. The van der Waals surface area contributed by atoms with Crippen LogP contribution in [0.2, 0.25) is 10.0 Å². The highest BCUT2D eigenvalue weighted by atomic mass is 35.5. The molecule has 0 heterocycles. The number of azo groups is 2. The summed E-state index contributed by atoms with van der Waals surface area (Å²) in [6.07, 6.45) is 0. The highest BCUT2D eigenvalue weighted by Crippen LogP contribution is 2.31. The van der Waals surface area contributed by atoms with Gasteiger partial charge in [-0.3, -0.25) is 28.8 Å². The van der Waals surface area contributed by atoms with Crippen LogP contribution in [-0.4, -0.2) is 47.3 Å². The van der Waals surface area contributed by atoms with Crippen molar-refractivity contribution in [3.63, 3.8) is 0 Å². The third-order valence-electron chi connectivity index (χ3n) is 9.50. The zero-order valence-electron chi connectivity index (χ0n) is 35.3. The topological polar surface area (TPSA) is 200 Å². The number of carbonyl (C=O) groups excluding carboxylic acids is 6. The van der Waals surface area contributed by atoms with Gasteiger partial charge in [-0.15, -0.1) is 23.2 Å². The van der Waals surface area contributed by atoms with E-state index in [1.807, 2.05) is 26.0 Å². The summed E-state index contributed by atoms with van der Waals surface area (Å²) in [5, 5.41) is 26.8. The van der Waals surface area contributed by atoms with Crippen molar-refractivity contribution in [2.45, 2.75) is 64.4 Å². The molecular formula is C46H42Cl4N8O6. The Labute approximate surface area is 389 Å². The van der Waals surface area contributed by atoms with Crippen molar-refractivity contribution in [1.82, 2.24) is 0 Å². The number of aryl methyl sites for hydroxylation is 2. The van der Waals surface area contributed by atoms with Crippen LogP contribution in [0.25, 0.3) is 0 Å². The first-order valence-corrected chi connectivity index (χ1v) is 21.2. The second-order valence-corrected chi connectivity index (χ2v) is 16.8. The van der Waals surface area contributed by atoms with Gasteiger partial charge >= 0.3 is 0 Å². The molecule has 0 aliphatic heterocycles. The highest BCUT2D eigenvalue weighted by molar-refractivity contribution is 6.33. The summed E-state index contributed by atoms with van der Waals surface area (Å²) in [6, 6.07) is 22.7. The molecule has 4 unspecified atom stereocenters. The van der Waals surface area contributed by atoms with Crippen LogP contribution in [0.1, 0.15) is 81.4 Å². The molecule has 4 atom stereocenters. The van der Waals surface area contributed by atoms with Crippen molar-refractivity contribution < 1.29 is 28.8 Å². The molecule has 330 valence electrons. The molecule has 0 saturated heterocycles. The summed E-state index contributed by atoms with van der Waals surface area (Å²) in [5.74, 6) is -3.78. The van der Waals surface area contributed by atoms with Gasteiger partial charge in [0.1, 0.15) is 11.4 Å². The Balaban J connectivity index is 1.26. The highest BCUT2D eigenvalue weighted by Gasteiger charge is 2.27. The van der Waals surface area contributed by atoms with E-state index in [0.29, 0.717) is 28.2 Å². The van der Waals surface area contributed by atoms with E-state index in [9.17, 15) is 28.8 Å². The average molecular weight is 945 g/mol. The first-order chi connectivity index (χ1) is 30.3. The number of hydrogen-bond acceptors (Lipinski definition) is 10. The van der Waals surface area contributed by atoms with Crippen molar-refractivity contribution in [2.24, 2.45) is 20.5 Å². The molecule has 0 bridgehead atoms. The molecule has 0 aliphatic rings. The number of carbonyl (C=O) groups is 6. The van der Waals surface area contributed by atoms with Gasteiger partial charge in [0, 0.05) is 33.9 Å². The number of alkyl halides is 2. The second-order valence-electron chi connectivity index (χ2n) is 14.6. The molecule has 0 aliphatic carbocycles. The minimum Gasteiger partial charge on any atom is -0.324 e. The summed E-state index contributed by atoms with van der Waals surface area (Å²) in [4.78, 5) is 78.3. The minimum absolute atomic E-state index is 0.0473. The van der Waals surface area contributed by atoms with E-state index < -0.39 is 47.3 Å². The summed E-state index contributed by atoms with van der Waals surface area (Å²) < 4.78 is 0. The van der Waals surface area contributed by atoms with Crippen LogP contribution in [0.15, 0.2) is 118 Å². The maximum atomic E-state index is 13.5. The van der Waals surface area contributed by atoms with E-state index in [2.05, 4.69) is 41.7 Å². The van der Waals surface area contributed by atoms with E-state index in [1.165, 1.54) is 50.2 Å². The molecule has 0 saturated carbocycles. The number of nitrogens with one attached hydrogen (secondary N) is 4. The van der Waals surface area contributed by atoms with Crippen molar-refractivity contribution in [2.75, 3.05) is 21.3 Å². The number of Topliss-reactive ketones (excluding diaryl/α,β-unsaturated/α-hetero) is 2. The molecule has 14 nitrogen and oxygen atoms in total. The van der Waals surface area contributed by atoms with Gasteiger partial charge in [-0.05, 0) is 137 Å². The first-order valence-electron chi connectivity index (χ1n) is 19.6. The molecule has 5 aromatic carbocycles. The Hall–Kier alpha value is -6.32. The zero-order valence-corrected chi connectivity index (χ0v) is 38.3. The number of anilines is 4. The molecule has 5 aromatic rings. The summed E-state index contributed by atoms with van der Waals surface area (Å²) >= 11 is 25.1. The quantitative estimate of drug-likeness (QED) is 0.0431. The fourth-order valence-corrected chi connectivity index (χ4v) is 6.69. The van der Waals surface area contributed by atoms with Crippen molar-refractivity contribution >= 4 is 116 Å². The predicted octanol–water partition coefficient (Wildman–Crippen LogP) is 12.1. The normalized spacial score (nSPS) is 13.2. The Morgan fingerprint density at radius 1 is 0.516 bits per heavy atom. The van der Waals surface area contributed by atoms with Gasteiger partial charge in [0.2, 0.25) is 12.1 Å². The predicted molar refractivity (Wildman–Crippen MR) is 251 cm³/mol. The smallest absolute Gasteiger partial charge is 0.258 e. The SMILES string of the molecule is CC(=O)C(N=Nc1cc(C(=O)Nc2cccc(C(C)Cl)c2)ccc1Cl)C(=O)Nc1cc(C)c(NC(=O)C(N=Nc2cc(C(=O)Nc3cccc(C(C)Cl)c3)ccc2Cl)C(C)=O)c(C)c1. The fourth-order valence-electron chi connectivity index (χ4n) is 6.11. The van der Waals surface area contributed by atoms with Crippen LogP contribution in [0.5, 0.6) is 0 Å². The molecule has 0 aromatic heterocycles. The largest absolute Gasteiger partial charge is 0.324 e. The van der Waals surface area contributed by atoms with Crippen LogP contribution < -0.4 is 21.3 Å². The van der Waals surface area contributed by atoms with Gasteiger partial charge in [0.05, 0.1) is 20.8 Å². The second kappa shape index (κ2) is 21.8. The van der Waals surface area contributed by atoms with Crippen LogP contribution in [-0.2, 0) is 19.2 Å². The third-order valence-corrected chi connectivity index (χ3v) is 10.6. The molecule has 18 heteroatoms. The van der Waals surface area contributed by atoms with Crippen molar-refractivity contribution in [3.8, 4) is 0 Å². The Morgan fingerprint density at radius 3 is 1.31 bits per heavy atom. The van der Waals surface area contributed by atoms with Gasteiger partial charge < -0.3 is 21.3 Å². The monoisotopic (exact) mass is 942 g/mol. The number of ketones is 2. The maximum absolute atomic E-state index is 13.5. The van der Waals surface area contributed by atoms with Crippen LogP contribution in [0.4, 0.5) is 34.1 Å². The molecular weight excluding hydrogens is 902 g/mol. The van der Waals surface area contributed by atoms with Crippen molar-refractivity contribution in [3.05, 3.63) is 140 Å². The summed E-state index contributed by atoms with van der Waals surface area (Å²) in [7, 11) is 0. The number of nitrogens with zero attached hydrogens (tertiary/aromatic N) is 4. The van der Waals surface area contributed by atoms with Crippen molar-refractivity contribution in [1.29, 1.82) is 0 Å². The van der Waals surface area contributed by atoms with Crippen LogP contribution >= 0.6 is 46.4 Å². The van der Waals surface area contributed by atoms with E-state index in [0.717, 1.165) is 11.1 Å². The van der Waals surface area contributed by atoms with E-state index in [1.54, 1.807) is 62.4 Å². The van der Waals surface area contributed by atoms with Gasteiger partial charge in [0.25, 0.3) is 23.6 Å². The Morgan fingerprint density at radius 2 is 0.922 bits per heavy atom. The third kappa shape index (κ3) is 12.9. The number of halogens is 4. The lowest BCUT2D eigenvalue weighted by atomic mass is 10.1. The molecule has 0 radical (unpaired) electrons. The molecule has 0 spiro atoms. The number of hydrogen-bond donors (Lipinski definition) is 4. The molecule has 4 amide bonds. The lowest BCUT2D eigenvalue weighted by Crippen LogP contribution is -2.33. The van der Waals surface area contributed by atoms with Gasteiger partial charge in [-0.1, -0.05) is 47.5 Å². The van der Waals surface area contributed by atoms with E-state index in [-0.39, 0.29) is 49.0 Å².